The van der Waals surface area contributed by atoms with Gasteiger partial charge in [0, 0.05) is 61.3 Å². The number of aromatic nitrogens is 2. The second-order valence-electron chi connectivity index (χ2n) is 8.19. The van der Waals surface area contributed by atoms with E-state index in [1.165, 1.54) is 5.56 Å². The minimum absolute atomic E-state index is 0.0795. The zero-order valence-electron chi connectivity index (χ0n) is 18.0. The van der Waals surface area contributed by atoms with Gasteiger partial charge in [0.1, 0.15) is 5.75 Å². The molecule has 0 saturated carbocycles. The predicted molar refractivity (Wildman–Crippen MR) is 122 cm³/mol. The van der Waals surface area contributed by atoms with E-state index < -0.39 is 0 Å². The van der Waals surface area contributed by atoms with Crippen molar-refractivity contribution in [1.82, 2.24) is 9.55 Å². The standard InChI is InChI=1S/C24H28N2O3S/c1-15(2)20-8-17-9-23(29-7-5-6-28-4)19(24-12-25-14-30-24)10-18(17)21-11-22(27)16(3)13-26(20)21/h9-15,20H,5-8H2,1-4H3. The van der Waals surface area contributed by atoms with E-state index in [4.69, 9.17) is 9.47 Å². The van der Waals surface area contributed by atoms with E-state index >= 15 is 0 Å². The van der Waals surface area contributed by atoms with Gasteiger partial charge in [-0.2, -0.15) is 0 Å². The summed E-state index contributed by atoms with van der Waals surface area (Å²) in [7, 11) is 1.70. The number of benzene rings is 1. The molecule has 5 nitrogen and oxygen atoms in total. The minimum Gasteiger partial charge on any atom is -0.493 e. The zero-order chi connectivity index (χ0) is 21.3. The van der Waals surface area contributed by atoms with Crippen molar-refractivity contribution < 1.29 is 9.47 Å². The van der Waals surface area contributed by atoms with Crippen LogP contribution in [0, 0.1) is 12.8 Å². The third-order valence-corrected chi connectivity index (χ3v) is 6.56. The number of methoxy groups -OCH3 is 1. The number of rotatable bonds is 7. The average molecular weight is 425 g/mol. The quantitative estimate of drug-likeness (QED) is 0.494. The van der Waals surface area contributed by atoms with Crippen LogP contribution in [0.15, 0.2) is 40.9 Å². The Morgan fingerprint density at radius 2 is 2.07 bits per heavy atom. The molecule has 6 heteroatoms. The molecule has 0 N–H and O–H groups in total. The number of pyridine rings is 1. The number of fused-ring (bicyclic) bond motifs is 3. The smallest absolute Gasteiger partial charge is 0.185 e. The summed E-state index contributed by atoms with van der Waals surface area (Å²) in [5, 5.41) is 0. The first kappa shape index (κ1) is 20.8. The lowest BCUT2D eigenvalue weighted by Gasteiger charge is -2.34. The molecule has 1 aliphatic heterocycles. The van der Waals surface area contributed by atoms with Crippen molar-refractivity contribution in [2.45, 2.75) is 39.7 Å². The molecule has 0 aliphatic carbocycles. The molecule has 3 heterocycles. The molecule has 158 valence electrons. The molecule has 30 heavy (non-hydrogen) atoms. The molecule has 2 aromatic heterocycles. The Kier molecular flexibility index (Phi) is 6.06. The van der Waals surface area contributed by atoms with E-state index in [1.54, 1.807) is 24.5 Å². The van der Waals surface area contributed by atoms with Crippen LogP contribution in [0.1, 0.15) is 37.4 Å². The molecule has 0 bridgehead atoms. The number of ether oxygens (including phenoxy) is 2. The highest BCUT2D eigenvalue weighted by Gasteiger charge is 2.28. The average Bonchev–Trinajstić information content (AvgIpc) is 3.25. The normalized spacial score (nSPS) is 15.2. The van der Waals surface area contributed by atoms with Crippen molar-refractivity contribution in [2.75, 3.05) is 20.3 Å². The molecule has 1 aliphatic rings. The van der Waals surface area contributed by atoms with Crippen LogP contribution in [-0.2, 0) is 11.2 Å². The lowest BCUT2D eigenvalue weighted by molar-refractivity contribution is 0.172. The fourth-order valence-corrected chi connectivity index (χ4v) is 4.74. The fraction of sp³-hybridized carbons (Fsp3) is 0.417. The fourth-order valence-electron chi connectivity index (χ4n) is 4.10. The van der Waals surface area contributed by atoms with Crippen LogP contribution in [0.5, 0.6) is 5.75 Å². The number of thiazole rings is 1. The Bertz CT molecular complexity index is 1090. The first-order valence-corrected chi connectivity index (χ1v) is 11.3. The molecule has 4 rings (SSSR count). The first-order valence-electron chi connectivity index (χ1n) is 10.4. The van der Waals surface area contributed by atoms with Crippen molar-refractivity contribution in [2.24, 2.45) is 5.92 Å². The molecule has 0 spiro atoms. The van der Waals surface area contributed by atoms with Gasteiger partial charge in [-0.25, -0.2) is 0 Å². The molecule has 1 aromatic carbocycles. The Labute approximate surface area is 181 Å². The summed E-state index contributed by atoms with van der Waals surface area (Å²) >= 11 is 1.59. The summed E-state index contributed by atoms with van der Waals surface area (Å²) < 4.78 is 13.6. The molecule has 3 aromatic rings. The van der Waals surface area contributed by atoms with Crippen LogP contribution < -0.4 is 10.2 Å². The Hall–Kier alpha value is -2.44. The van der Waals surface area contributed by atoms with Crippen LogP contribution in [-0.4, -0.2) is 29.9 Å². The number of nitrogens with zero attached hydrogens (tertiary/aromatic N) is 2. The van der Waals surface area contributed by atoms with Gasteiger partial charge in [0.15, 0.2) is 5.43 Å². The number of hydrogen-bond donors (Lipinski definition) is 0. The number of aryl methyl sites for hydroxylation is 1. The highest BCUT2D eigenvalue weighted by Crippen LogP contribution is 2.43. The van der Waals surface area contributed by atoms with Gasteiger partial charge in [-0.1, -0.05) is 13.8 Å². The third-order valence-electron chi connectivity index (χ3n) is 5.75. The Morgan fingerprint density at radius 1 is 1.23 bits per heavy atom. The summed E-state index contributed by atoms with van der Waals surface area (Å²) in [4.78, 5) is 17.8. The summed E-state index contributed by atoms with van der Waals surface area (Å²) in [5.74, 6) is 1.32. The Morgan fingerprint density at radius 3 is 2.77 bits per heavy atom. The maximum absolute atomic E-state index is 12.5. The predicted octanol–water partition coefficient (Wildman–Crippen LogP) is 5.12. The van der Waals surface area contributed by atoms with Crippen molar-refractivity contribution in [3.63, 3.8) is 0 Å². The van der Waals surface area contributed by atoms with Gasteiger partial charge in [0.05, 0.1) is 22.7 Å². The van der Waals surface area contributed by atoms with Gasteiger partial charge in [-0.05, 0) is 37.0 Å². The Balaban J connectivity index is 1.85. The van der Waals surface area contributed by atoms with Crippen molar-refractivity contribution in [1.29, 1.82) is 0 Å². The second kappa shape index (κ2) is 8.74. The van der Waals surface area contributed by atoms with Crippen LogP contribution in [0.4, 0.5) is 0 Å². The summed E-state index contributed by atoms with van der Waals surface area (Å²) in [6.07, 6.45) is 5.64. The largest absolute Gasteiger partial charge is 0.493 e. The SMILES string of the molecule is COCCCOc1cc2c(cc1-c1cncs1)-c1cc(=O)c(C)cn1C(C(C)C)C2. The van der Waals surface area contributed by atoms with Crippen LogP contribution in [0.3, 0.4) is 0 Å². The van der Waals surface area contributed by atoms with E-state index in [0.29, 0.717) is 25.2 Å². The lowest BCUT2D eigenvalue weighted by Crippen LogP contribution is -2.26. The van der Waals surface area contributed by atoms with Gasteiger partial charge >= 0.3 is 0 Å². The topological polar surface area (TPSA) is 53.4 Å². The molecular weight excluding hydrogens is 396 g/mol. The van der Waals surface area contributed by atoms with Crippen LogP contribution >= 0.6 is 11.3 Å². The van der Waals surface area contributed by atoms with E-state index in [2.05, 4.69) is 35.5 Å². The van der Waals surface area contributed by atoms with Gasteiger partial charge in [0.2, 0.25) is 0 Å². The maximum atomic E-state index is 12.5. The molecule has 0 saturated heterocycles. The van der Waals surface area contributed by atoms with E-state index in [0.717, 1.165) is 45.9 Å². The summed E-state index contributed by atoms with van der Waals surface area (Å²) in [5.41, 5.74) is 7.05. The van der Waals surface area contributed by atoms with Gasteiger partial charge in [-0.3, -0.25) is 9.78 Å². The van der Waals surface area contributed by atoms with Crippen molar-refractivity contribution in [3.8, 4) is 27.4 Å². The lowest BCUT2D eigenvalue weighted by atomic mass is 9.86. The second-order valence-corrected chi connectivity index (χ2v) is 9.08. The van der Waals surface area contributed by atoms with Gasteiger partial charge in [0.25, 0.3) is 0 Å². The molecular formula is C24H28N2O3S. The third kappa shape index (κ3) is 3.94. The molecule has 1 atom stereocenters. The number of hydrogen-bond acceptors (Lipinski definition) is 5. The molecule has 0 radical (unpaired) electrons. The summed E-state index contributed by atoms with van der Waals surface area (Å²) in [6, 6.07) is 6.44. The van der Waals surface area contributed by atoms with Crippen LogP contribution in [0.25, 0.3) is 21.7 Å². The van der Waals surface area contributed by atoms with Crippen molar-refractivity contribution >= 4 is 11.3 Å². The van der Waals surface area contributed by atoms with Gasteiger partial charge < -0.3 is 14.0 Å². The highest BCUT2D eigenvalue weighted by atomic mass is 32.1. The minimum atomic E-state index is 0.0795. The molecule has 0 amide bonds. The molecule has 1 unspecified atom stereocenters. The monoisotopic (exact) mass is 424 g/mol. The van der Waals surface area contributed by atoms with Gasteiger partial charge in [-0.15, -0.1) is 11.3 Å². The van der Waals surface area contributed by atoms with Crippen molar-refractivity contribution in [3.05, 3.63) is 57.5 Å². The maximum Gasteiger partial charge on any atom is 0.185 e. The van der Waals surface area contributed by atoms with E-state index in [-0.39, 0.29) is 5.43 Å². The van der Waals surface area contributed by atoms with E-state index in [1.807, 2.05) is 24.8 Å². The van der Waals surface area contributed by atoms with E-state index in [9.17, 15) is 4.79 Å². The first-order chi connectivity index (χ1) is 14.5. The summed E-state index contributed by atoms with van der Waals surface area (Å²) in [6.45, 7) is 7.64. The zero-order valence-corrected chi connectivity index (χ0v) is 18.8. The highest BCUT2D eigenvalue weighted by molar-refractivity contribution is 7.13. The molecule has 0 fully saturated rings. The van der Waals surface area contributed by atoms with Crippen LogP contribution in [0.2, 0.25) is 0 Å².